The summed E-state index contributed by atoms with van der Waals surface area (Å²) >= 11 is 7.41. The normalized spacial score (nSPS) is 11.6. The van der Waals surface area contributed by atoms with Crippen LogP contribution in [0.5, 0.6) is 0 Å². The van der Waals surface area contributed by atoms with Crippen LogP contribution in [0.3, 0.4) is 0 Å². The number of rotatable bonds is 7. The van der Waals surface area contributed by atoms with Crippen molar-refractivity contribution in [1.29, 1.82) is 0 Å². The van der Waals surface area contributed by atoms with Gasteiger partial charge in [-0.1, -0.05) is 52.3 Å². The summed E-state index contributed by atoms with van der Waals surface area (Å²) in [5.41, 5.74) is 1.43. The standard InChI is InChI=1S/C24H29ClN4O2S/c1-16(2)14-28(23(31)19-7-6-12-32-19)15-22(30)26-21-13-20(24(3,4)5)27-29(21)18-10-8-17(25)9-11-18/h6-13,16H,14-15H2,1-5H3,(H,26,30). The van der Waals surface area contributed by atoms with Crippen LogP contribution >= 0.6 is 22.9 Å². The monoisotopic (exact) mass is 472 g/mol. The zero-order valence-corrected chi connectivity index (χ0v) is 20.6. The van der Waals surface area contributed by atoms with Crippen LogP contribution in [0.25, 0.3) is 5.69 Å². The van der Waals surface area contributed by atoms with Gasteiger partial charge in [0, 0.05) is 23.0 Å². The molecule has 6 nitrogen and oxygen atoms in total. The molecule has 0 bridgehead atoms. The first-order valence-electron chi connectivity index (χ1n) is 10.5. The maximum absolute atomic E-state index is 13.0. The quantitative estimate of drug-likeness (QED) is 0.485. The molecule has 0 saturated heterocycles. The lowest BCUT2D eigenvalue weighted by Gasteiger charge is -2.23. The van der Waals surface area contributed by atoms with Gasteiger partial charge < -0.3 is 10.2 Å². The molecule has 0 atom stereocenters. The Morgan fingerprint density at radius 2 is 1.88 bits per heavy atom. The molecule has 0 aliphatic carbocycles. The molecule has 2 amide bonds. The van der Waals surface area contributed by atoms with E-state index in [1.807, 2.05) is 43.5 Å². The Hall–Kier alpha value is -2.64. The van der Waals surface area contributed by atoms with E-state index in [4.69, 9.17) is 16.7 Å². The predicted molar refractivity (Wildman–Crippen MR) is 131 cm³/mol. The molecule has 3 aromatic rings. The lowest BCUT2D eigenvalue weighted by molar-refractivity contribution is -0.117. The minimum absolute atomic E-state index is 0.0361. The van der Waals surface area contributed by atoms with Gasteiger partial charge in [0.2, 0.25) is 5.91 Å². The molecule has 32 heavy (non-hydrogen) atoms. The molecule has 0 fully saturated rings. The molecule has 0 spiro atoms. The van der Waals surface area contributed by atoms with E-state index in [1.165, 1.54) is 11.3 Å². The number of carbonyl (C=O) groups is 2. The van der Waals surface area contributed by atoms with Gasteiger partial charge >= 0.3 is 0 Å². The summed E-state index contributed by atoms with van der Waals surface area (Å²) in [5.74, 6) is 0.380. The third kappa shape index (κ3) is 5.99. The Kier molecular flexibility index (Phi) is 7.41. The Morgan fingerprint density at radius 3 is 2.44 bits per heavy atom. The van der Waals surface area contributed by atoms with Gasteiger partial charge in [0.15, 0.2) is 0 Å². The highest BCUT2D eigenvalue weighted by Gasteiger charge is 2.24. The van der Waals surface area contributed by atoms with Crippen molar-refractivity contribution in [2.24, 2.45) is 5.92 Å². The lowest BCUT2D eigenvalue weighted by atomic mass is 9.92. The molecule has 2 aromatic heterocycles. The third-order valence-electron chi connectivity index (χ3n) is 4.76. The third-order valence-corrected chi connectivity index (χ3v) is 5.87. The zero-order valence-electron chi connectivity index (χ0n) is 19.1. The van der Waals surface area contributed by atoms with E-state index in [2.05, 4.69) is 26.1 Å². The number of carbonyl (C=O) groups excluding carboxylic acids is 2. The van der Waals surface area contributed by atoms with Crippen molar-refractivity contribution in [3.8, 4) is 5.69 Å². The second-order valence-electron chi connectivity index (χ2n) is 9.16. The van der Waals surface area contributed by atoms with Crippen LogP contribution in [0.1, 0.15) is 50.0 Å². The fourth-order valence-corrected chi connectivity index (χ4v) is 4.00. The van der Waals surface area contributed by atoms with Crippen LogP contribution in [-0.4, -0.2) is 39.6 Å². The maximum Gasteiger partial charge on any atom is 0.264 e. The SMILES string of the molecule is CC(C)CN(CC(=O)Nc1cc(C(C)(C)C)nn1-c1ccc(Cl)cc1)C(=O)c1cccs1. The predicted octanol–water partition coefficient (Wildman–Crippen LogP) is 5.62. The fourth-order valence-electron chi connectivity index (χ4n) is 3.19. The van der Waals surface area contributed by atoms with Crippen LogP contribution in [0, 0.1) is 5.92 Å². The topological polar surface area (TPSA) is 67.2 Å². The molecular formula is C24H29ClN4O2S. The lowest BCUT2D eigenvalue weighted by Crippen LogP contribution is -2.40. The van der Waals surface area contributed by atoms with Crippen LogP contribution in [-0.2, 0) is 10.2 Å². The molecule has 0 radical (unpaired) electrons. The van der Waals surface area contributed by atoms with Crippen molar-refractivity contribution in [3.05, 3.63) is 63.4 Å². The summed E-state index contributed by atoms with van der Waals surface area (Å²) in [6.07, 6.45) is 0. The summed E-state index contributed by atoms with van der Waals surface area (Å²) in [6, 6.07) is 12.8. The molecule has 0 unspecified atom stereocenters. The Bertz CT molecular complexity index is 1070. The van der Waals surface area contributed by atoms with E-state index in [9.17, 15) is 9.59 Å². The van der Waals surface area contributed by atoms with Gasteiger partial charge in [-0.2, -0.15) is 5.10 Å². The molecule has 0 saturated carbocycles. The van der Waals surface area contributed by atoms with Gasteiger partial charge in [0.05, 0.1) is 16.3 Å². The molecule has 1 N–H and O–H groups in total. The average Bonchev–Trinajstić information content (AvgIpc) is 3.37. The minimum atomic E-state index is -0.272. The molecule has 8 heteroatoms. The molecule has 0 aliphatic rings. The molecule has 2 heterocycles. The molecule has 1 aromatic carbocycles. The first-order valence-corrected chi connectivity index (χ1v) is 11.8. The van der Waals surface area contributed by atoms with Crippen LogP contribution in [0.2, 0.25) is 5.02 Å². The van der Waals surface area contributed by atoms with E-state index in [0.717, 1.165) is 11.4 Å². The van der Waals surface area contributed by atoms with Crippen molar-refractivity contribution >= 4 is 40.6 Å². The van der Waals surface area contributed by atoms with E-state index >= 15 is 0 Å². The Morgan fingerprint density at radius 1 is 1.19 bits per heavy atom. The Balaban J connectivity index is 1.85. The highest BCUT2D eigenvalue weighted by atomic mass is 35.5. The number of hydrogen-bond donors (Lipinski definition) is 1. The van der Waals surface area contributed by atoms with Crippen molar-refractivity contribution in [2.45, 2.75) is 40.0 Å². The largest absolute Gasteiger partial charge is 0.328 e. The van der Waals surface area contributed by atoms with Gasteiger partial charge in [-0.05, 0) is 41.6 Å². The Labute approximate surface area is 198 Å². The van der Waals surface area contributed by atoms with Gasteiger partial charge in [-0.3, -0.25) is 9.59 Å². The highest BCUT2D eigenvalue weighted by molar-refractivity contribution is 7.12. The van der Waals surface area contributed by atoms with Gasteiger partial charge in [-0.15, -0.1) is 11.3 Å². The van der Waals surface area contributed by atoms with Crippen LogP contribution in [0.15, 0.2) is 47.8 Å². The van der Waals surface area contributed by atoms with Crippen LogP contribution < -0.4 is 5.32 Å². The molecule has 3 rings (SSSR count). The van der Waals surface area contributed by atoms with Gasteiger partial charge in [0.25, 0.3) is 5.91 Å². The average molecular weight is 473 g/mol. The zero-order chi connectivity index (χ0) is 23.5. The van der Waals surface area contributed by atoms with Crippen molar-refractivity contribution in [1.82, 2.24) is 14.7 Å². The second kappa shape index (κ2) is 9.88. The van der Waals surface area contributed by atoms with Crippen molar-refractivity contribution < 1.29 is 9.59 Å². The van der Waals surface area contributed by atoms with E-state index in [-0.39, 0.29) is 29.7 Å². The first kappa shape index (κ1) is 24.0. The number of hydrogen-bond acceptors (Lipinski definition) is 4. The first-order chi connectivity index (χ1) is 15.0. The van der Waals surface area contributed by atoms with Crippen molar-refractivity contribution in [2.75, 3.05) is 18.4 Å². The number of nitrogens with zero attached hydrogens (tertiary/aromatic N) is 3. The van der Waals surface area contributed by atoms with E-state index in [1.54, 1.807) is 27.8 Å². The number of amides is 2. The van der Waals surface area contributed by atoms with Gasteiger partial charge in [-0.25, -0.2) is 4.68 Å². The highest BCUT2D eigenvalue weighted by Crippen LogP contribution is 2.27. The van der Waals surface area contributed by atoms with Gasteiger partial charge in [0.1, 0.15) is 12.4 Å². The summed E-state index contributed by atoms with van der Waals surface area (Å²) in [6.45, 7) is 10.7. The number of aromatic nitrogens is 2. The molecule has 0 aliphatic heterocycles. The summed E-state index contributed by atoms with van der Waals surface area (Å²) in [5, 5.41) is 10.2. The fraction of sp³-hybridized carbons (Fsp3) is 0.375. The number of halogens is 1. The number of nitrogens with one attached hydrogen (secondary N) is 1. The summed E-state index contributed by atoms with van der Waals surface area (Å²) in [4.78, 5) is 28.1. The maximum atomic E-state index is 13.0. The summed E-state index contributed by atoms with van der Waals surface area (Å²) in [7, 11) is 0. The van der Waals surface area contributed by atoms with E-state index in [0.29, 0.717) is 22.3 Å². The summed E-state index contributed by atoms with van der Waals surface area (Å²) < 4.78 is 1.70. The van der Waals surface area contributed by atoms with Crippen molar-refractivity contribution in [3.63, 3.8) is 0 Å². The smallest absolute Gasteiger partial charge is 0.264 e. The second-order valence-corrected chi connectivity index (χ2v) is 10.5. The number of benzene rings is 1. The molecule has 170 valence electrons. The number of anilines is 1. The van der Waals surface area contributed by atoms with Crippen LogP contribution in [0.4, 0.5) is 5.82 Å². The minimum Gasteiger partial charge on any atom is -0.328 e. The van der Waals surface area contributed by atoms with E-state index < -0.39 is 0 Å². The number of thiophene rings is 1. The molecular weight excluding hydrogens is 444 g/mol.